The van der Waals surface area contributed by atoms with E-state index in [1.807, 2.05) is 35.8 Å². The van der Waals surface area contributed by atoms with Crippen molar-refractivity contribution in [2.75, 3.05) is 0 Å². The highest BCUT2D eigenvalue weighted by Gasteiger charge is 2.20. The molecule has 6 nitrogen and oxygen atoms in total. The molecule has 0 unspecified atom stereocenters. The highest BCUT2D eigenvalue weighted by molar-refractivity contribution is 7.90. The Hall–Kier alpha value is -4.76. The molecule has 0 radical (unpaired) electrons. The van der Waals surface area contributed by atoms with E-state index in [-0.39, 0.29) is 22.6 Å². The highest BCUT2D eigenvalue weighted by atomic mass is 32.2. The number of hydrogen-bond donors (Lipinski definition) is 1. The van der Waals surface area contributed by atoms with Crippen molar-refractivity contribution in [1.29, 1.82) is 0 Å². The molecule has 9 heteroatoms. The van der Waals surface area contributed by atoms with E-state index in [1.54, 1.807) is 48.5 Å². The third-order valence-corrected chi connectivity index (χ3v) is 7.63. The van der Waals surface area contributed by atoms with Crippen molar-refractivity contribution in [3.05, 3.63) is 138 Å². The first kappa shape index (κ1) is 26.8. The molecule has 0 atom stereocenters. The molecule has 0 spiro atoms. The molecule has 0 saturated carbocycles. The van der Waals surface area contributed by atoms with Crippen LogP contribution < -0.4 is 9.46 Å². The lowest BCUT2D eigenvalue weighted by Crippen LogP contribution is -2.30. The number of hydrogen-bond acceptors (Lipinski definition) is 4. The minimum Gasteiger partial charge on any atom is -0.488 e. The Morgan fingerprint density at radius 1 is 0.850 bits per heavy atom. The van der Waals surface area contributed by atoms with Crippen LogP contribution in [-0.2, 0) is 16.6 Å². The fourth-order valence-electron chi connectivity index (χ4n) is 4.32. The molecule has 1 amide bonds. The van der Waals surface area contributed by atoms with Gasteiger partial charge in [0.1, 0.15) is 24.0 Å². The normalized spacial score (nSPS) is 11.3. The van der Waals surface area contributed by atoms with E-state index >= 15 is 0 Å². The zero-order chi connectivity index (χ0) is 28.3. The number of rotatable bonds is 8. The maximum absolute atomic E-state index is 14.2. The summed E-state index contributed by atoms with van der Waals surface area (Å²) in [6.07, 6.45) is 0. The minimum atomic E-state index is -4.04. The van der Waals surface area contributed by atoms with E-state index in [0.717, 1.165) is 17.5 Å². The number of aromatic nitrogens is 1. The third-order valence-electron chi connectivity index (χ3n) is 6.28. The number of benzene rings is 4. The summed E-state index contributed by atoms with van der Waals surface area (Å²) in [5.74, 6) is -1.64. The van der Waals surface area contributed by atoms with Crippen molar-refractivity contribution in [3.63, 3.8) is 0 Å². The highest BCUT2D eigenvalue weighted by Crippen LogP contribution is 2.34. The number of carbonyl (C=O) groups is 1. The lowest BCUT2D eigenvalue weighted by atomic mass is 10.1. The van der Waals surface area contributed by atoms with Gasteiger partial charge in [0.25, 0.3) is 15.9 Å². The quantitative estimate of drug-likeness (QED) is 0.238. The summed E-state index contributed by atoms with van der Waals surface area (Å²) < 4.78 is 62.8. The molecule has 5 rings (SSSR count). The van der Waals surface area contributed by atoms with E-state index in [2.05, 4.69) is 4.72 Å². The molecular weight excluding hydrogens is 534 g/mol. The van der Waals surface area contributed by atoms with Gasteiger partial charge in [-0.3, -0.25) is 4.79 Å². The second-order valence-electron chi connectivity index (χ2n) is 9.01. The Balaban J connectivity index is 1.45. The van der Waals surface area contributed by atoms with E-state index in [1.165, 1.54) is 30.3 Å². The molecule has 0 aliphatic heterocycles. The smallest absolute Gasteiger partial charge is 0.265 e. The van der Waals surface area contributed by atoms with Gasteiger partial charge in [0.2, 0.25) is 0 Å². The van der Waals surface area contributed by atoms with Crippen LogP contribution in [0.4, 0.5) is 8.78 Å². The topological polar surface area (TPSA) is 77.4 Å². The van der Waals surface area contributed by atoms with Crippen molar-refractivity contribution >= 4 is 15.9 Å². The van der Waals surface area contributed by atoms with Crippen LogP contribution in [0.5, 0.6) is 5.75 Å². The van der Waals surface area contributed by atoms with Crippen molar-refractivity contribution in [3.8, 4) is 22.7 Å². The van der Waals surface area contributed by atoms with Crippen LogP contribution in [-0.4, -0.2) is 18.9 Å². The van der Waals surface area contributed by atoms with Gasteiger partial charge in [0.05, 0.1) is 10.6 Å². The van der Waals surface area contributed by atoms with Gasteiger partial charge in [-0.05, 0) is 73.7 Å². The second-order valence-corrected chi connectivity index (χ2v) is 10.7. The van der Waals surface area contributed by atoms with E-state index < -0.39 is 27.6 Å². The van der Waals surface area contributed by atoms with Crippen LogP contribution in [0.1, 0.15) is 21.6 Å². The van der Waals surface area contributed by atoms with Gasteiger partial charge in [-0.25, -0.2) is 21.9 Å². The number of aryl methyl sites for hydroxylation is 1. The second kappa shape index (κ2) is 11.2. The molecule has 1 N–H and O–H groups in total. The van der Waals surface area contributed by atoms with Crippen molar-refractivity contribution in [2.45, 2.75) is 18.4 Å². The van der Waals surface area contributed by atoms with Crippen LogP contribution in [0, 0.1) is 18.6 Å². The number of amides is 1. The summed E-state index contributed by atoms with van der Waals surface area (Å²) in [7, 11) is -4.04. The van der Waals surface area contributed by atoms with Gasteiger partial charge >= 0.3 is 0 Å². The zero-order valence-corrected chi connectivity index (χ0v) is 22.2. The number of carbonyl (C=O) groups excluding carboxylic acids is 1. The van der Waals surface area contributed by atoms with E-state index in [4.69, 9.17) is 4.74 Å². The molecule has 40 heavy (non-hydrogen) atoms. The maximum Gasteiger partial charge on any atom is 0.265 e. The van der Waals surface area contributed by atoms with Crippen molar-refractivity contribution in [1.82, 2.24) is 9.29 Å². The van der Waals surface area contributed by atoms with Crippen LogP contribution in [0.25, 0.3) is 16.9 Å². The number of para-hydroxylation sites is 1. The van der Waals surface area contributed by atoms with E-state index in [0.29, 0.717) is 17.0 Å². The summed E-state index contributed by atoms with van der Waals surface area (Å²) in [4.78, 5) is 12.9. The Bertz CT molecular complexity index is 1800. The van der Waals surface area contributed by atoms with Gasteiger partial charge < -0.3 is 9.30 Å². The number of nitrogens with zero attached hydrogens (tertiary/aromatic N) is 1. The van der Waals surface area contributed by atoms with Crippen LogP contribution in [0.15, 0.2) is 114 Å². The molecule has 202 valence electrons. The van der Waals surface area contributed by atoms with Crippen LogP contribution in [0.3, 0.4) is 0 Å². The minimum absolute atomic E-state index is 0.0137. The summed E-state index contributed by atoms with van der Waals surface area (Å²) in [5.41, 5.74) is 3.30. The van der Waals surface area contributed by atoms with Gasteiger partial charge in [0, 0.05) is 34.1 Å². The number of ether oxygens (including phenoxy) is 1. The summed E-state index contributed by atoms with van der Waals surface area (Å²) in [5, 5.41) is 0. The molecular formula is C31H24F2N2O4S. The molecule has 1 heterocycles. The van der Waals surface area contributed by atoms with Gasteiger partial charge in [-0.15, -0.1) is 0 Å². The molecule has 1 aromatic heterocycles. The zero-order valence-electron chi connectivity index (χ0n) is 21.3. The number of sulfonamides is 1. The first-order chi connectivity index (χ1) is 19.2. The molecule has 0 bridgehead atoms. The first-order valence-corrected chi connectivity index (χ1v) is 13.8. The predicted octanol–water partition coefficient (Wildman–Crippen LogP) is 6.43. The van der Waals surface area contributed by atoms with Crippen molar-refractivity contribution in [2.24, 2.45) is 0 Å². The lowest BCUT2D eigenvalue weighted by Gasteiger charge is -2.16. The standard InChI is InChI=1S/C31H24F2N2O4S/c1-21-14-17-29(27-12-5-6-13-30(27)39-20-23-15-16-24(32)19-28(23)33)35(21)25-9-7-8-22(18-25)31(36)34-40(37,38)26-10-3-2-4-11-26/h2-19H,20H2,1H3,(H,34,36). The molecule has 0 saturated heterocycles. The monoisotopic (exact) mass is 558 g/mol. The molecule has 0 aliphatic carbocycles. The number of nitrogens with one attached hydrogen (secondary N) is 1. The molecule has 0 fully saturated rings. The molecule has 4 aromatic carbocycles. The van der Waals surface area contributed by atoms with Gasteiger partial charge in [-0.2, -0.15) is 0 Å². The first-order valence-electron chi connectivity index (χ1n) is 12.3. The Morgan fingerprint density at radius 2 is 1.60 bits per heavy atom. The Kier molecular flexibility index (Phi) is 7.48. The summed E-state index contributed by atoms with van der Waals surface area (Å²) >= 11 is 0. The fraction of sp³-hybridized carbons (Fsp3) is 0.0645. The fourth-order valence-corrected chi connectivity index (χ4v) is 5.31. The maximum atomic E-state index is 14.2. The van der Waals surface area contributed by atoms with Gasteiger partial charge in [0.15, 0.2) is 0 Å². The summed E-state index contributed by atoms with van der Waals surface area (Å²) in [6.45, 7) is 1.79. The molecule has 5 aromatic rings. The van der Waals surface area contributed by atoms with Crippen LogP contribution in [0.2, 0.25) is 0 Å². The van der Waals surface area contributed by atoms with Gasteiger partial charge in [-0.1, -0.05) is 36.4 Å². The average Bonchev–Trinajstić information content (AvgIpc) is 3.34. The molecule has 0 aliphatic rings. The third kappa shape index (κ3) is 5.64. The Morgan fingerprint density at radius 3 is 2.38 bits per heavy atom. The number of halogens is 2. The average molecular weight is 559 g/mol. The summed E-state index contributed by atoms with van der Waals surface area (Å²) in [6, 6.07) is 28.6. The Labute approximate surface area is 230 Å². The SMILES string of the molecule is Cc1ccc(-c2ccccc2OCc2ccc(F)cc2F)n1-c1cccc(C(=O)NS(=O)(=O)c2ccccc2)c1. The lowest BCUT2D eigenvalue weighted by molar-refractivity contribution is 0.0981. The van der Waals surface area contributed by atoms with E-state index in [9.17, 15) is 22.0 Å². The van der Waals surface area contributed by atoms with Crippen molar-refractivity contribution < 1.29 is 26.7 Å². The predicted molar refractivity (Wildman–Crippen MR) is 148 cm³/mol. The largest absolute Gasteiger partial charge is 0.488 e. The van der Waals surface area contributed by atoms with Crippen LogP contribution >= 0.6 is 0 Å².